The van der Waals surface area contributed by atoms with Crippen molar-refractivity contribution in [2.45, 2.75) is 13.8 Å². The molecule has 20 heavy (non-hydrogen) atoms. The number of nitrogens with zero attached hydrogens (tertiary/aromatic N) is 3. The highest BCUT2D eigenvalue weighted by Gasteiger charge is 2.08. The standard InChI is InChI=1S/C12H15BrN6O/c1-3-20-12-17-10(16-11(18-12)19-14)15-9-6-8(13)5-4-7(9)2/h4-6H,3,14H2,1-2H3,(H2,15,16,17,18,19). The number of benzene rings is 1. The molecule has 0 radical (unpaired) electrons. The predicted molar refractivity (Wildman–Crippen MR) is 81.0 cm³/mol. The van der Waals surface area contributed by atoms with Crippen LogP contribution in [0.25, 0.3) is 0 Å². The smallest absolute Gasteiger partial charge is 0.323 e. The molecule has 0 unspecified atom stereocenters. The van der Waals surface area contributed by atoms with E-state index in [0.29, 0.717) is 12.6 Å². The topological polar surface area (TPSA) is 98.0 Å². The Balaban J connectivity index is 2.32. The van der Waals surface area contributed by atoms with Crippen LogP contribution < -0.4 is 21.3 Å². The van der Waals surface area contributed by atoms with Gasteiger partial charge in [0.25, 0.3) is 0 Å². The number of anilines is 3. The van der Waals surface area contributed by atoms with E-state index >= 15 is 0 Å². The van der Waals surface area contributed by atoms with Crippen LogP contribution in [0.3, 0.4) is 0 Å². The molecule has 0 saturated carbocycles. The largest absolute Gasteiger partial charge is 0.464 e. The Labute approximate surface area is 125 Å². The average molecular weight is 339 g/mol. The number of hydrogen-bond acceptors (Lipinski definition) is 7. The van der Waals surface area contributed by atoms with Gasteiger partial charge in [0.2, 0.25) is 11.9 Å². The lowest BCUT2D eigenvalue weighted by Gasteiger charge is -2.10. The van der Waals surface area contributed by atoms with E-state index in [0.717, 1.165) is 15.7 Å². The second-order valence-electron chi connectivity index (χ2n) is 3.93. The van der Waals surface area contributed by atoms with E-state index in [1.165, 1.54) is 0 Å². The molecule has 8 heteroatoms. The first-order chi connectivity index (χ1) is 9.62. The lowest BCUT2D eigenvalue weighted by Crippen LogP contribution is -2.13. The van der Waals surface area contributed by atoms with Crippen LogP contribution >= 0.6 is 15.9 Å². The Morgan fingerprint density at radius 2 is 2.00 bits per heavy atom. The van der Waals surface area contributed by atoms with Crippen molar-refractivity contribution in [1.82, 2.24) is 15.0 Å². The molecule has 4 N–H and O–H groups in total. The summed E-state index contributed by atoms with van der Waals surface area (Å²) in [7, 11) is 0. The van der Waals surface area contributed by atoms with Gasteiger partial charge in [0.05, 0.1) is 6.61 Å². The van der Waals surface area contributed by atoms with Crippen LogP contribution in [0.2, 0.25) is 0 Å². The molecule has 0 bridgehead atoms. The Bertz CT molecular complexity index is 606. The van der Waals surface area contributed by atoms with Gasteiger partial charge in [-0.1, -0.05) is 22.0 Å². The van der Waals surface area contributed by atoms with Gasteiger partial charge < -0.3 is 10.1 Å². The molecule has 106 valence electrons. The molecule has 0 fully saturated rings. The van der Waals surface area contributed by atoms with Crippen molar-refractivity contribution < 1.29 is 4.74 Å². The quantitative estimate of drug-likeness (QED) is 0.568. The second-order valence-corrected chi connectivity index (χ2v) is 4.84. The SMILES string of the molecule is CCOc1nc(NN)nc(Nc2cc(Br)ccc2C)n1. The maximum Gasteiger partial charge on any atom is 0.323 e. The van der Waals surface area contributed by atoms with Crippen LogP contribution in [0, 0.1) is 6.92 Å². The minimum Gasteiger partial charge on any atom is -0.464 e. The van der Waals surface area contributed by atoms with Gasteiger partial charge in [-0.15, -0.1) is 0 Å². The number of ether oxygens (including phenoxy) is 1. The van der Waals surface area contributed by atoms with Crippen molar-refractivity contribution in [3.63, 3.8) is 0 Å². The third-order valence-corrected chi connectivity index (χ3v) is 2.96. The number of hydrazine groups is 1. The number of aryl methyl sites for hydroxylation is 1. The van der Waals surface area contributed by atoms with Gasteiger partial charge in [-0.25, -0.2) is 5.84 Å². The fourth-order valence-electron chi connectivity index (χ4n) is 1.52. The highest BCUT2D eigenvalue weighted by molar-refractivity contribution is 9.10. The molecule has 1 aromatic heterocycles. The molecular formula is C12H15BrN6O. The number of hydrogen-bond donors (Lipinski definition) is 3. The Hall–Kier alpha value is -1.93. The third-order valence-electron chi connectivity index (χ3n) is 2.46. The van der Waals surface area contributed by atoms with Crippen molar-refractivity contribution in [3.8, 4) is 6.01 Å². The van der Waals surface area contributed by atoms with E-state index in [2.05, 4.69) is 41.6 Å². The van der Waals surface area contributed by atoms with Crippen LogP contribution in [-0.2, 0) is 0 Å². The van der Waals surface area contributed by atoms with Gasteiger partial charge in [0.1, 0.15) is 0 Å². The lowest BCUT2D eigenvalue weighted by atomic mass is 10.2. The van der Waals surface area contributed by atoms with Crippen molar-refractivity contribution in [1.29, 1.82) is 0 Å². The third kappa shape index (κ3) is 3.55. The van der Waals surface area contributed by atoms with Gasteiger partial charge in [-0.05, 0) is 31.5 Å². The number of rotatable bonds is 5. The second kappa shape index (κ2) is 6.49. The van der Waals surface area contributed by atoms with Crippen LogP contribution in [0.5, 0.6) is 6.01 Å². The van der Waals surface area contributed by atoms with E-state index in [1.54, 1.807) is 0 Å². The molecule has 0 atom stereocenters. The summed E-state index contributed by atoms with van der Waals surface area (Å²) >= 11 is 3.43. The lowest BCUT2D eigenvalue weighted by molar-refractivity contribution is 0.312. The van der Waals surface area contributed by atoms with Gasteiger partial charge in [-0.2, -0.15) is 15.0 Å². The Morgan fingerprint density at radius 1 is 1.25 bits per heavy atom. The number of aromatic nitrogens is 3. The summed E-state index contributed by atoms with van der Waals surface area (Å²) in [6, 6.07) is 6.10. The molecule has 0 amide bonds. The van der Waals surface area contributed by atoms with Crippen LogP contribution in [0.15, 0.2) is 22.7 Å². The molecule has 0 aliphatic heterocycles. The molecule has 7 nitrogen and oxygen atoms in total. The first kappa shape index (κ1) is 14.5. The summed E-state index contributed by atoms with van der Waals surface area (Å²) < 4.78 is 6.23. The summed E-state index contributed by atoms with van der Waals surface area (Å²) in [5.41, 5.74) is 4.34. The fourth-order valence-corrected chi connectivity index (χ4v) is 1.88. The number of nitrogen functional groups attached to an aromatic ring is 1. The molecule has 0 aliphatic carbocycles. The number of halogens is 1. The zero-order chi connectivity index (χ0) is 14.5. The van der Waals surface area contributed by atoms with E-state index in [-0.39, 0.29) is 12.0 Å². The fraction of sp³-hybridized carbons (Fsp3) is 0.250. The minimum atomic E-state index is 0.214. The highest BCUT2D eigenvalue weighted by Crippen LogP contribution is 2.23. The van der Waals surface area contributed by atoms with E-state index in [4.69, 9.17) is 10.6 Å². The first-order valence-corrected chi connectivity index (χ1v) is 6.80. The van der Waals surface area contributed by atoms with Gasteiger partial charge in [0.15, 0.2) is 0 Å². The monoisotopic (exact) mass is 338 g/mol. The van der Waals surface area contributed by atoms with Crippen molar-refractivity contribution in [3.05, 3.63) is 28.2 Å². The van der Waals surface area contributed by atoms with E-state index in [1.807, 2.05) is 32.0 Å². The van der Waals surface area contributed by atoms with Crippen LogP contribution in [0.4, 0.5) is 17.6 Å². The van der Waals surface area contributed by atoms with Crippen molar-refractivity contribution >= 4 is 33.5 Å². The van der Waals surface area contributed by atoms with Gasteiger partial charge >= 0.3 is 6.01 Å². The maximum absolute atomic E-state index is 5.34. The van der Waals surface area contributed by atoms with Crippen LogP contribution in [0.1, 0.15) is 12.5 Å². The van der Waals surface area contributed by atoms with E-state index < -0.39 is 0 Å². The van der Waals surface area contributed by atoms with Crippen LogP contribution in [-0.4, -0.2) is 21.6 Å². The zero-order valence-corrected chi connectivity index (χ0v) is 12.7. The number of nitrogens with one attached hydrogen (secondary N) is 2. The Kier molecular flexibility index (Phi) is 4.70. The van der Waals surface area contributed by atoms with Gasteiger partial charge in [0, 0.05) is 10.2 Å². The highest BCUT2D eigenvalue weighted by atomic mass is 79.9. The van der Waals surface area contributed by atoms with Gasteiger partial charge in [-0.3, -0.25) is 5.43 Å². The molecule has 1 heterocycles. The summed E-state index contributed by atoms with van der Waals surface area (Å²) in [6.45, 7) is 4.30. The predicted octanol–water partition coefficient (Wildman–Crippen LogP) is 2.37. The zero-order valence-electron chi connectivity index (χ0n) is 11.1. The summed E-state index contributed by atoms with van der Waals surface area (Å²) in [6.07, 6.45) is 0. The Morgan fingerprint density at radius 3 is 2.70 bits per heavy atom. The van der Waals surface area contributed by atoms with E-state index in [9.17, 15) is 0 Å². The van der Waals surface area contributed by atoms with Crippen molar-refractivity contribution in [2.24, 2.45) is 5.84 Å². The molecular weight excluding hydrogens is 324 g/mol. The molecule has 0 aliphatic rings. The summed E-state index contributed by atoms with van der Waals surface area (Å²) in [5, 5.41) is 3.12. The molecule has 0 spiro atoms. The summed E-state index contributed by atoms with van der Waals surface area (Å²) in [4.78, 5) is 12.3. The first-order valence-electron chi connectivity index (χ1n) is 6.01. The maximum atomic E-state index is 5.34. The number of nitrogens with two attached hydrogens (primary N) is 1. The average Bonchev–Trinajstić information content (AvgIpc) is 2.43. The summed E-state index contributed by atoms with van der Waals surface area (Å²) in [5.74, 6) is 5.93. The van der Waals surface area contributed by atoms with Crippen molar-refractivity contribution in [2.75, 3.05) is 17.3 Å². The minimum absolute atomic E-state index is 0.214. The normalized spacial score (nSPS) is 10.2. The molecule has 0 saturated heterocycles. The molecule has 2 aromatic rings. The molecule has 1 aromatic carbocycles. The molecule has 2 rings (SSSR count).